The van der Waals surface area contributed by atoms with Crippen molar-refractivity contribution in [2.24, 2.45) is 0 Å². The molecule has 0 saturated heterocycles. The Hall–Kier alpha value is -1.69. The number of halogens is 1. The maximum absolute atomic E-state index is 9.43. The smallest absolute Gasteiger partial charge is 0.179 e. The van der Waals surface area contributed by atoms with Crippen molar-refractivity contribution in [2.75, 3.05) is 19.8 Å². The molecule has 5 nitrogen and oxygen atoms in total. The number of fused-ring (bicyclic) bond motifs is 1. The van der Waals surface area contributed by atoms with Gasteiger partial charge in [0, 0.05) is 6.54 Å². The number of aliphatic hydroxyl groups excluding tert-OH is 1. The Bertz CT molecular complexity index is 600. The maximum atomic E-state index is 9.43. The highest BCUT2D eigenvalue weighted by atomic mass is 35.5. The molecule has 0 amide bonds. The van der Waals surface area contributed by atoms with Crippen molar-refractivity contribution in [1.82, 2.24) is 5.32 Å². The quantitative estimate of drug-likeness (QED) is 0.888. The third-order valence-electron chi connectivity index (χ3n) is 3.28. The summed E-state index contributed by atoms with van der Waals surface area (Å²) in [6.07, 6.45) is 1.58. The molecule has 1 aromatic heterocycles. The Kier molecular flexibility index (Phi) is 4.34. The number of furan rings is 1. The molecule has 3 rings (SSSR count). The van der Waals surface area contributed by atoms with Gasteiger partial charge in [0.15, 0.2) is 11.5 Å². The van der Waals surface area contributed by atoms with Crippen molar-refractivity contribution in [3.63, 3.8) is 0 Å². The standard InChI is InChI=1S/C15H16ClNO4/c16-11-6-10(7-14-15(11)21-5-4-20-14)8-17-12(9-18)13-2-1-3-19-13/h1-3,6-7,12,17-18H,4-5,8-9H2. The number of ether oxygens (including phenoxy) is 2. The molecule has 1 aliphatic rings. The van der Waals surface area contributed by atoms with Crippen molar-refractivity contribution in [1.29, 1.82) is 0 Å². The van der Waals surface area contributed by atoms with Crippen molar-refractivity contribution < 1.29 is 19.0 Å². The van der Waals surface area contributed by atoms with Gasteiger partial charge in [-0.1, -0.05) is 11.6 Å². The lowest BCUT2D eigenvalue weighted by molar-refractivity contribution is 0.171. The summed E-state index contributed by atoms with van der Waals surface area (Å²) in [6, 6.07) is 7.08. The summed E-state index contributed by atoms with van der Waals surface area (Å²) in [4.78, 5) is 0. The van der Waals surface area contributed by atoms with Crippen LogP contribution >= 0.6 is 11.6 Å². The molecule has 1 unspecified atom stereocenters. The van der Waals surface area contributed by atoms with Crippen molar-refractivity contribution in [3.8, 4) is 11.5 Å². The topological polar surface area (TPSA) is 63.9 Å². The van der Waals surface area contributed by atoms with E-state index in [2.05, 4.69) is 5.32 Å². The van der Waals surface area contributed by atoms with Crippen LogP contribution in [0.4, 0.5) is 0 Å². The van der Waals surface area contributed by atoms with Gasteiger partial charge in [-0.25, -0.2) is 0 Å². The van der Waals surface area contributed by atoms with E-state index in [9.17, 15) is 5.11 Å². The molecule has 6 heteroatoms. The molecule has 0 spiro atoms. The first-order valence-corrected chi connectivity index (χ1v) is 7.11. The van der Waals surface area contributed by atoms with Gasteiger partial charge in [-0.15, -0.1) is 0 Å². The van der Waals surface area contributed by atoms with E-state index >= 15 is 0 Å². The number of hydrogen-bond acceptors (Lipinski definition) is 5. The van der Waals surface area contributed by atoms with Gasteiger partial charge >= 0.3 is 0 Å². The molecular formula is C15H16ClNO4. The highest BCUT2D eigenvalue weighted by molar-refractivity contribution is 6.32. The molecule has 2 heterocycles. The van der Waals surface area contributed by atoms with E-state index in [4.69, 9.17) is 25.5 Å². The van der Waals surface area contributed by atoms with Crippen LogP contribution in [-0.4, -0.2) is 24.9 Å². The average molecular weight is 310 g/mol. The van der Waals surface area contributed by atoms with E-state index in [1.165, 1.54) is 0 Å². The lowest BCUT2D eigenvalue weighted by Gasteiger charge is -2.21. The van der Waals surface area contributed by atoms with Gasteiger partial charge in [0.05, 0.1) is 23.9 Å². The van der Waals surface area contributed by atoms with Gasteiger partial charge in [0.1, 0.15) is 19.0 Å². The molecule has 0 fully saturated rings. The zero-order chi connectivity index (χ0) is 14.7. The molecule has 2 aromatic rings. The Morgan fingerprint density at radius 1 is 1.29 bits per heavy atom. The van der Waals surface area contributed by atoms with Crippen LogP contribution < -0.4 is 14.8 Å². The second-order valence-electron chi connectivity index (χ2n) is 4.73. The first-order chi connectivity index (χ1) is 10.3. The van der Waals surface area contributed by atoms with Crippen LogP contribution in [0.25, 0.3) is 0 Å². The molecule has 1 aliphatic heterocycles. The molecule has 21 heavy (non-hydrogen) atoms. The predicted molar refractivity (Wildman–Crippen MR) is 77.8 cm³/mol. The fourth-order valence-corrected chi connectivity index (χ4v) is 2.54. The number of hydrogen-bond donors (Lipinski definition) is 2. The van der Waals surface area contributed by atoms with Crippen LogP contribution in [0.2, 0.25) is 5.02 Å². The zero-order valence-corrected chi connectivity index (χ0v) is 12.1. The Morgan fingerprint density at radius 2 is 2.14 bits per heavy atom. The van der Waals surface area contributed by atoms with Crippen LogP contribution in [-0.2, 0) is 6.54 Å². The van der Waals surface area contributed by atoms with Gasteiger partial charge in [-0.3, -0.25) is 0 Å². The minimum Gasteiger partial charge on any atom is -0.486 e. The summed E-state index contributed by atoms with van der Waals surface area (Å²) in [7, 11) is 0. The first kappa shape index (κ1) is 14.3. The van der Waals surface area contributed by atoms with Gasteiger partial charge in [0.25, 0.3) is 0 Å². The SMILES string of the molecule is OCC(NCc1cc(Cl)c2c(c1)OCCO2)c1ccco1. The first-order valence-electron chi connectivity index (χ1n) is 6.73. The highest BCUT2D eigenvalue weighted by Gasteiger charge is 2.18. The van der Waals surface area contributed by atoms with E-state index in [0.717, 1.165) is 5.56 Å². The van der Waals surface area contributed by atoms with E-state index < -0.39 is 0 Å². The third kappa shape index (κ3) is 3.15. The minimum atomic E-state index is -0.257. The molecule has 0 aliphatic carbocycles. The van der Waals surface area contributed by atoms with Crippen molar-refractivity contribution in [2.45, 2.75) is 12.6 Å². The molecular weight excluding hydrogens is 294 g/mol. The van der Waals surface area contributed by atoms with E-state index in [0.29, 0.717) is 42.0 Å². The maximum Gasteiger partial charge on any atom is 0.179 e. The fraction of sp³-hybridized carbons (Fsp3) is 0.333. The largest absolute Gasteiger partial charge is 0.486 e. The lowest BCUT2D eigenvalue weighted by Crippen LogP contribution is -2.24. The Balaban J connectivity index is 1.71. The fourth-order valence-electron chi connectivity index (χ4n) is 2.25. The van der Waals surface area contributed by atoms with Crippen LogP contribution in [0, 0.1) is 0 Å². The number of rotatable bonds is 5. The predicted octanol–water partition coefficient (Wildman–Crippen LogP) is 2.53. The lowest BCUT2D eigenvalue weighted by atomic mass is 10.1. The van der Waals surface area contributed by atoms with E-state index in [-0.39, 0.29) is 12.6 Å². The zero-order valence-electron chi connectivity index (χ0n) is 11.3. The normalized spacial score (nSPS) is 15.0. The van der Waals surface area contributed by atoms with Crippen LogP contribution in [0.1, 0.15) is 17.4 Å². The number of aliphatic hydroxyl groups is 1. The minimum absolute atomic E-state index is 0.0498. The molecule has 0 bridgehead atoms. The molecule has 1 aromatic carbocycles. The summed E-state index contributed by atoms with van der Waals surface area (Å²) in [5.41, 5.74) is 0.953. The van der Waals surface area contributed by atoms with Crippen LogP contribution in [0.5, 0.6) is 11.5 Å². The van der Waals surface area contributed by atoms with Crippen LogP contribution in [0.3, 0.4) is 0 Å². The van der Waals surface area contributed by atoms with E-state index in [1.54, 1.807) is 12.3 Å². The molecule has 0 saturated carbocycles. The van der Waals surface area contributed by atoms with Gasteiger partial charge in [-0.2, -0.15) is 0 Å². The van der Waals surface area contributed by atoms with Crippen LogP contribution in [0.15, 0.2) is 34.9 Å². The summed E-state index contributed by atoms with van der Waals surface area (Å²) in [6.45, 7) is 1.51. The third-order valence-corrected chi connectivity index (χ3v) is 3.56. The number of benzene rings is 1. The van der Waals surface area contributed by atoms with Crippen molar-refractivity contribution >= 4 is 11.6 Å². The summed E-state index contributed by atoms with van der Waals surface area (Å²) < 4.78 is 16.3. The highest BCUT2D eigenvalue weighted by Crippen LogP contribution is 2.38. The number of nitrogens with one attached hydrogen (secondary N) is 1. The Labute approximate surface area is 127 Å². The van der Waals surface area contributed by atoms with E-state index in [1.807, 2.05) is 18.2 Å². The molecule has 0 radical (unpaired) electrons. The molecule has 112 valence electrons. The summed E-state index contributed by atoms with van der Waals surface area (Å²) in [5, 5.41) is 13.2. The monoisotopic (exact) mass is 309 g/mol. The van der Waals surface area contributed by atoms with Crippen molar-refractivity contribution in [3.05, 3.63) is 46.9 Å². The second-order valence-corrected chi connectivity index (χ2v) is 5.14. The second kappa shape index (κ2) is 6.39. The Morgan fingerprint density at radius 3 is 2.90 bits per heavy atom. The average Bonchev–Trinajstić information content (AvgIpc) is 3.02. The summed E-state index contributed by atoms with van der Waals surface area (Å²) >= 11 is 6.20. The van der Waals surface area contributed by atoms with Gasteiger partial charge < -0.3 is 24.3 Å². The molecule has 1 atom stereocenters. The van der Waals surface area contributed by atoms with Gasteiger partial charge in [0.2, 0.25) is 0 Å². The summed E-state index contributed by atoms with van der Waals surface area (Å²) in [5.74, 6) is 1.95. The molecule has 2 N–H and O–H groups in total. The van der Waals surface area contributed by atoms with Gasteiger partial charge in [-0.05, 0) is 29.8 Å².